The molecule has 0 spiro atoms. The first-order valence-corrected chi connectivity index (χ1v) is 5.75. The van der Waals surface area contributed by atoms with Crippen molar-refractivity contribution in [2.24, 2.45) is 0 Å². The quantitative estimate of drug-likeness (QED) is 0.617. The summed E-state index contributed by atoms with van der Waals surface area (Å²) in [5.41, 5.74) is 1.20. The first-order valence-electron chi connectivity index (χ1n) is 5.75. The maximum atomic E-state index is 11.5. The SMILES string of the molecule is CCNC(=O)C(C)Nc1ccc(C)c([N+](=O)[O-])c1. The van der Waals surface area contributed by atoms with Gasteiger partial charge >= 0.3 is 0 Å². The molecule has 0 saturated heterocycles. The van der Waals surface area contributed by atoms with Crippen molar-refractivity contribution in [1.82, 2.24) is 5.32 Å². The van der Waals surface area contributed by atoms with Gasteiger partial charge in [0.05, 0.1) is 4.92 Å². The fraction of sp³-hybridized carbons (Fsp3) is 0.417. The van der Waals surface area contributed by atoms with Crippen molar-refractivity contribution >= 4 is 17.3 Å². The summed E-state index contributed by atoms with van der Waals surface area (Å²) in [7, 11) is 0. The van der Waals surface area contributed by atoms with Crippen LogP contribution in [0.2, 0.25) is 0 Å². The van der Waals surface area contributed by atoms with Crippen molar-refractivity contribution in [2.45, 2.75) is 26.8 Å². The molecule has 0 radical (unpaired) electrons. The Morgan fingerprint density at radius 1 is 1.50 bits per heavy atom. The van der Waals surface area contributed by atoms with Crippen molar-refractivity contribution in [3.8, 4) is 0 Å². The lowest BCUT2D eigenvalue weighted by Gasteiger charge is -2.14. The molecule has 0 aliphatic rings. The Labute approximate surface area is 106 Å². The molecule has 0 aliphatic carbocycles. The van der Waals surface area contributed by atoms with Crippen LogP contribution in [-0.4, -0.2) is 23.4 Å². The number of hydrogen-bond donors (Lipinski definition) is 2. The third kappa shape index (κ3) is 3.44. The zero-order valence-corrected chi connectivity index (χ0v) is 10.7. The van der Waals surface area contributed by atoms with E-state index in [-0.39, 0.29) is 11.6 Å². The van der Waals surface area contributed by atoms with E-state index in [2.05, 4.69) is 10.6 Å². The van der Waals surface area contributed by atoms with E-state index in [1.54, 1.807) is 26.0 Å². The highest BCUT2D eigenvalue weighted by molar-refractivity contribution is 5.84. The Bertz CT molecular complexity index is 460. The molecular weight excluding hydrogens is 234 g/mol. The lowest BCUT2D eigenvalue weighted by Crippen LogP contribution is -2.37. The Kier molecular flexibility index (Phi) is 4.65. The summed E-state index contributed by atoms with van der Waals surface area (Å²) in [6, 6.07) is 4.38. The van der Waals surface area contributed by atoms with Crippen molar-refractivity contribution in [2.75, 3.05) is 11.9 Å². The van der Waals surface area contributed by atoms with Gasteiger partial charge in [-0.15, -0.1) is 0 Å². The second kappa shape index (κ2) is 6.00. The van der Waals surface area contributed by atoms with Crippen LogP contribution in [0.1, 0.15) is 19.4 Å². The number of nitro benzene ring substituents is 1. The Balaban J connectivity index is 2.82. The van der Waals surface area contributed by atoms with Crippen LogP contribution in [0.4, 0.5) is 11.4 Å². The Morgan fingerprint density at radius 2 is 2.17 bits per heavy atom. The van der Waals surface area contributed by atoms with Crippen molar-refractivity contribution < 1.29 is 9.72 Å². The van der Waals surface area contributed by atoms with Gasteiger partial charge in [0, 0.05) is 23.9 Å². The van der Waals surface area contributed by atoms with Crippen LogP contribution < -0.4 is 10.6 Å². The summed E-state index contributed by atoms with van der Waals surface area (Å²) in [5.74, 6) is -0.138. The number of benzene rings is 1. The number of carbonyl (C=O) groups excluding carboxylic acids is 1. The number of nitrogens with zero attached hydrogens (tertiary/aromatic N) is 1. The summed E-state index contributed by atoms with van der Waals surface area (Å²) in [6.07, 6.45) is 0. The minimum absolute atomic E-state index is 0.0445. The molecule has 0 fully saturated rings. The standard InChI is InChI=1S/C12H17N3O3/c1-4-13-12(16)9(3)14-10-6-5-8(2)11(7-10)15(17)18/h5-7,9,14H,4H2,1-3H3,(H,13,16). The first kappa shape index (κ1) is 14.0. The highest BCUT2D eigenvalue weighted by atomic mass is 16.6. The number of nitro groups is 1. The molecule has 0 heterocycles. The third-order valence-electron chi connectivity index (χ3n) is 2.53. The number of carbonyl (C=O) groups is 1. The minimum atomic E-state index is -0.438. The molecule has 2 N–H and O–H groups in total. The van der Waals surface area contributed by atoms with E-state index in [9.17, 15) is 14.9 Å². The normalized spacial score (nSPS) is 11.7. The molecule has 6 nitrogen and oxygen atoms in total. The molecule has 98 valence electrons. The third-order valence-corrected chi connectivity index (χ3v) is 2.53. The number of rotatable bonds is 5. The van der Waals surface area contributed by atoms with Gasteiger partial charge in [-0.05, 0) is 26.8 Å². The monoisotopic (exact) mass is 251 g/mol. The van der Waals surface area contributed by atoms with Gasteiger partial charge < -0.3 is 10.6 Å². The maximum absolute atomic E-state index is 11.5. The number of hydrogen-bond acceptors (Lipinski definition) is 4. The molecule has 1 amide bonds. The van der Waals surface area contributed by atoms with Gasteiger partial charge in [0.15, 0.2) is 0 Å². The summed E-state index contributed by atoms with van der Waals surface area (Å²) in [4.78, 5) is 21.9. The van der Waals surface area contributed by atoms with Crippen molar-refractivity contribution in [1.29, 1.82) is 0 Å². The Morgan fingerprint density at radius 3 is 2.72 bits per heavy atom. The molecular formula is C12H17N3O3. The zero-order chi connectivity index (χ0) is 13.7. The first-order chi connectivity index (χ1) is 8.45. The average molecular weight is 251 g/mol. The van der Waals surface area contributed by atoms with Gasteiger partial charge in [0.1, 0.15) is 6.04 Å². The fourth-order valence-corrected chi connectivity index (χ4v) is 1.54. The molecule has 1 unspecified atom stereocenters. The molecule has 0 aliphatic heterocycles. The number of aryl methyl sites for hydroxylation is 1. The number of nitrogens with one attached hydrogen (secondary N) is 2. The predicted molar refractivity (Wildman–Crippen MR) is 69.6 cm³/mol. The predicted octanol–water partition coefficient (Wildman–Crippen LogP) is 1.84. The fourth-order valence-electron chi connectivity index (χ4n) is 1.54. The molecule has 0 aromatic heterocycles. The molecule has 18 heavy (non-hydrogen) atoms. The van der Waals surface area contributed by atoms with E-state index in [0.29, 0.717) is 17.8 Å². The van der Waals surface area contributed by atoms with E-state index < -0.39 is 11.0 Å². The summed E-state index contributed by atoms with van der Waals surface area (Å²) < 4.78 is 0. The number of amides is 1. The van der Waals surface area contributed by atoms with Gasteiger partial charge in [-0.1, -0.05) is 6.07 Å². The smallest absolute Gasteiger partial charge is 0.274 e. The van der Waals surface area contributed by atoms with Crippen molar-refractivity contribution in [3.05, 3.63) is 33.9 Å². The summed E-state index contributed by atoms with van der Waals surface area (Å²) in [6.45, 7) is 5.77. The molecule has 0 bridgehead atoms. The van der Waals surface area contributed by atoms with Crippen LogP contribution in [0.5, 0.6) is 0 Å². The molecule has 1 aromatic rings. The number of likely N-dealkylation sites (N-methyl/N-ethyl adjacent to an activating group) is 1. The molecule has 6 heteroatoms. The number of anilines is 1. The van der Waals surface area contributed by atoms with E-state index in [1.165, 1.54) is 6.07 Å². The van der Waals surface area contributed by atoms with E-state index in [4.69, 9.17) is 0 Å². The van der Waals surface area contributed by atoms with E-state index in [1.807, 2.05) is 6.92 Å². The van der Waals surface area contributed by atoms with Crippen LogP contribution in [0, 0.1) is 17.0 Å². The lowest BCUT2D eigenvalue weighted by molar-refractivity contribution is -0.385. The van der Waals surface area contributed by atoms with E-state index >= 15 is 0 Å². The van der Waals surface area contributed by atoms with Crippen molar-refractivity contribution in [3.63, 3.8) is 0 Å². The average Bonchev–Trinajstić information content (AvgIpc) is 2.31. The molecule has 1 rings (SSSR count). The molecule has 0 saturated carbocycles. The van der Waals surface area contributed by atoms with Gasteiger partial charge in [-0.3, -0.25) is 14.9 Å². The van der Waals surface area contributed by atoms with Crippen LogP contribution in [0.25, 0.3) is 0 Å². The second-order valence-electron chi connectivity index (χ2n) is 4.02. The van der Waals surface area contributed by atoms with Crippen LogP contribution in [0.3, 0.4) is 0 Å². The van der Waals surface area contributed by atoms with Crippen LogP contribution in [0.15, 0.2) is 18.2 Å². The Hall–Kier alpha value is -2.11. The van der Waals surface area contributed by atoms with Crippen LogP contribution >= 0.6 is 0 Å². The van der Waals surface area contributed by atoms with Gasteiger partial charge in [-0.2, -0.15) is 0 Å². The zero-order valence-electron chi connectivity index (χ0n) is 10.7. The highest BCUT2D eigenvalue weighted by Crippen LogP contribution is 2.22. The minimum Gasteiger partial charge on any atom is -0.374 e. The maximum Gasteiger partial charge on any atom is 0.274 e. The summed E-state index contributed by atoms with van der Waals surface area (Å²) in [5, 5.41) is 16.4. The second-order valence-corrected chi connectivity index (χ2v) is 4.02. The van der Waals surface area contributed by atoms with Crippen LogP contribution in [-0.2, 0) is 4.79 Å². The largest absolute Gasteiger partial charge is 0.374 e. The van der Waals surface area contributed by atoms with Gasteiger partial charge in [0.2, 0.25) is 5.91 Å². The highest BCUT2D eigenvalue weighted by Gasteiger charge is 2.15. The van der Waals surface area contributed by atoms with E-state index in [0.717, 1.165) is 0 Å². The summed E-state index contributed by atoms with van der Waals surface area (Å²) >= 11 is 0. The molecule has 1 atom stereocenters. The van der Waals surface area contributed by atoms with Gasteiger partial charge in [0.25, 0.3) is 5.69 Å². The topological polar surface area (TPSA) is 84.3 Å². The van der Waals surface area contributed by atoms with Gasteiger partial charge in [-0.25, -0.2) is 0 Å². The molecule has 1 aromatic carbocycles. The lowest BCUT2D eigenvalue weighted by atomic mass is 10.1.